The molecule has 0 saturated carbocycles. The van der Waals surface area contributed by atoms with Gasteiger partial charge in [0.05, 0.1) is 19.1 Å². The Hall–Kier alpha value is -2.15. The number of rotatable bonds is 4. The number of pyridine rings is 1. The Morgan fingerprint density at radius 2 is 2.26 bits per heavy atom. The van der Waals surface area contributed by atoms with Crippen molar-refractivity contribution in [1.29, 1.82) is 0 Å². The van der Waals surface area contributed by atoms with Crippen LogP contribution >= 0.6 is 0 Å². The van der Waals surface area contributed by atoms with Crippen LogP contribution in [0.25, 0.3) is 0 Å². The lowest BCUT2D eigenvalue weighted by atomic mass is 10.0. The van der Waals surface area contributed by atoms with Gasteiger partial charge in [0.15, 0.2) is 0 Å². The van der Waals surface area contributed by atoms with Crippen molar-refractivity contribution in [3.05, 3.63) is 23.9 Å². The van der Waals surface area contributed by atoms with Gasteiger partial charge in [-0.3, -0.25) is 9.59 Å². The first-order valence-electron chi connectivity index (χ1n) is 7.80. The molecule has 7 nitrogen and oxygen atoms in total. The summed E-state index contributed by atoms with van der Waals surface area (Å²) in [5.74, 6) is -1.15. The van der Waals surface area contributed by atoms with Gasteiger partial charge in [0.25, 0.3) is 5.91 Å². The van der Waals surface area contributed by atoms with Crippen molar-refractivity contribution in [2.75, 3.05) is 19.8 Å². The lowest BCUT2D eigenvalue weighted by Gasteiger charge is -2.23. The van der Waals surface area contributed by atoms with Gasteiger partial charge in [-0.25, -0.2) is 4.98 Å². The molecule has 0 radical (unpaired) electrons. The minimum Gasteiger partial charge on any atom is -0.481 e. The standard InChI is InChI=1S/C16H20N2O5/c1-10-13(16(20)21)3-6-18(10)15(19)11-2-5-17-14(8-11)23-12-4-7-22-9-12/h2,5,8,10,12-13H,3-4,6-7,9H2,1H3,(H,20,21). The summed E-state index contributed by atoms with van der Waals surface area (Å²) in [6.07, 6.45) is 2.79. The normalized spacial score (nSPS) is 27.2. The van der Waals surface area contributed by atoms with E-state index in [-0.39, 0.29) is 18.1 Å². The average molecular weight is 320 g/mol. The summed E-state index contributed by atoms with van der Waals surface area (Å²) in [6.45, 7) is 3.43. The van der Waals surface area contributed by atoms with Crippen molar-refractivity contribution in [3.63, 3.8) is 0 Å². The van der Waals surface area contributed by atoms with Crippen molar-refractivity contribution >= 4 is 11.9 Å². The third-order valence-electron chi connectivity index (χ3n) is 4.49. The van der Waals surface area contributed by atoms with Gasteiger partial charge in [0, 0.05) is 36.8 Å². The van der Waals surface area contributed by atoms with Gasteiger partial charge in [-0.2, -0.15) is 0 Å². The Labute approximate surface area is 134 Å². The van der Waals surface area contributed by atoms with Gasteiger partial charge in [0.2, 0.25) is 5.88 Å². The number of amides is 1. The molecule has 124 valence electrons. The van der Waals surface area contributed by atoms with E-state index in [2.05, 4.69) is 4.98 Å². The Kier molecular flexibility index (Phi) is 4.47. The molecule has 1 aromatic rings. The van der Waals surface area contributed by atoms with Crippen LogP contribution < -0.4 is 4.74 Å². The predicted octanol–water partition coefficient (Wildman–Crippen LogP) is 1.18. The number of aromatic nitrogens is 1. The van der Waals surface area contributed by atoms with Crippen molar-refractivity contribution < 1.29 is 24.2 Å². The first-order chi connectivity index (χ1) is 11.1. The predicted molar refractivity (Wildman–Crippen MR) is 80.3 cm³/mol. The molecule has 3 rings (SSSR count). The Morgan fingerprint density at radius 3 is 2.91 bits per heavy atom. The van der Waals surface area contributed by atoms with Gasteiger partial charge in [0.1, 0.15) is 6.10 Å². The molecule has 1 N–H and O–H groups in total. The molecule has 0 aromatic carbocycles. The fourth-order valence-corrected chi connectivity index (χ4v) is 3.11. The number of nitrogens with zero attached hydrogens (tertiary/aromatic N) is 2. The maximum Gasteiger partial charge on any atom is 0.308 e. The fraction of sp³-hybridized carbons (Fsp3) is 0.562. The van der Waals surface area contributed by atoms with Gasteiger partial charge < -0.3 is 19.5 Å². The van der Waals surface area contributed by atoms with Crippen molar-refractivity contribution in [2.24, 2.45) is 5.92 Å². The summed E-state index contributed by atoms with van der Waals surface area (Å²) >= 11 is 0. The molecule has 0 bridgehead atoms. The highest BCUT2D eigenvalue weighted by Crippen LogP contribution is 2.26. The molecule has 2 saturated heterocycles. The van der Waals surface area contributed by atoms with Crippen LogP contribution in [-0.4, -0.2) is 58.8 Å². The lowest BCUT2D eigenvalue weighted by Crippen LogP contribution is -2.37. The quantitative estimate of drug-likeness (QED) is 0.896. The van der Waals surface area contributed by atoms with Gasteiger partial charge >= 0.3 is 5.97 Å². The summed E-state index contributed by atoms with van der Waals surface area (Å²) < 4.78 is 11.0. The zero-order valence-electron chi connectivity index (χ0n) is 13.0. The zero-order chi connectivity index (χ0) is 16.4. The number of carboxylic acids is 1. The van der Waals surface area contributed by atoms with Crippen LogP contribution in [0.5, 0.6) is 5.88 Å². The maximum absolute atomic E-state index is 12.6. The van der Waals surface area contributed by atoms with E-state index in [1.54, 1.807) is 24.0 Å². The SMILES string of the molecule is CC1C(C(=O)O)CCN1C(=O)c1ccnc(OC2CCOC2)c1. The maximum atomic E-state index is 12.6. The fourth-order valence-electron chi connectivity index (χ4n) is 3.11. The van der Waals surface area contributed by atoms with Gasteiger partial charge in [-0.05, 0) is 19.4 Å². The first kappa shape index (κ1) is 15.7. The summed E-state index contributed by atoms with van der Waals surface area (Å²) in [5.41, 5.74) is 0.465. The summed E-state index contributed by atoms with van der Waals surface area (Å²) in [4.78, 5) is 29.6. The molecule has 3 unspecified atom stereocenters. The molecule has 1 amide bonds. The number of carboxylic acid groups (broad SMARTS) is 1. The summed E-state index contributed by atoms with van der Waals surface area (Å²) in [6, 6.07) is 2.92. The van der Waals surface area contributed by atoms with E-state index in [1.165, 1.54) is 6.20 Å². The zero-order valence-corrected chi connectivity index (χ0v) is 13.0. The second-order valence-corrected chi connectivity index (χ2v) is 5.96. The van der Waals surface area contributed by atoms with E-state index >= 15 is 0 Å². The minimum atomic E-state index is -0.854. The lowest BCUT2D eigenvalue weighted by molar-refractivity contribution is -0.142. The van der Waals surface area contributed by atoms with Crippen LogP contribution in [0.3, 0.4) is 0 Å². The van der Waals surface area contributed by atoms with Crippen LogP contribution in [-0.2, 0) is 9.53 Å². The molecular formula is C16H20N2O5. The second kappa shape index (κ2) is 6.54. The van der Waals surface area contributed by atoms with Gasteiger partial charge in [-0.15, -0.1) is 0 Å². The highest BCUT2D eigenvalue weighted by atomic mass is 16.5. The molecule has 0 spiro atoms. The second-order valence-electron chi connectivity index (χ2n) is 5.96. The summed E-state index contributed by atoms with van der Waals surface area (Å²) in [5, 5.41) is 9.18. The smallest absolute Gasteiger partial charge is 0.308 e. The van der Waals surface area contributed by atoms with Crippen molar-refractivity contribution in [2.45, 2.75) is 31.9 Å². The number of ether oxygens (including phenoxy) is 2. The monoisotopic (exact) mass is 320 g/mol. The molecule has 7 heteroatoms. The molecule has 2 aliphatic rings. The van der Waals surface area contributed by atoms with Crippen molar-refractivity contribution in [1.82, 2.24) is 9.88 Å². The number of aliphatic carboxylic acids is 1. The molecular weight excluding hydrogens is 300 g/mol. The molecule has 3 heterocycles. The van der Waals surface area contributed by atoms with E-state index in [4.69, 9.17) is 9.47 Å². The van der Waals surface area contributed by atoms with Crippen LogP contribution in [0.1, 0.15) is 30.1 Å². The van der Waals surface area contributed by atoms with Crippen LogP contribution in [0.2, 0.25) is 0 Å². The van der Waals surface area contributed by atoms with E-state index in [1.807, 2.05) is 0 Å². The van der Waals surface area contributed by atoms with E-state index in [0.29, 0.717) is 37.6 Å². The molecule has 3 atom stereocenters. The van der Waals surface area contributed by atoms with E-state index < -0.39 is 11.9 Å². The first-order valence-corrected chi connectivity index (χ1v) is 7.80. The Bertz CT molecular complexity index is 600. The molecule has 1 aromatic heterocycles. The molecule has 2 aliphatic heterocycles. The number of hydrogen-bond donors (Lipinski definition) is 1. The highest BCUT2D eigenvalue weighted by Gasteiger charge is 2.38. The Morgan fingerprint density at radius 1 is 1.43 bits per heavy atom. The van der Waals surface area contributed by atoms with Crippen molar-refractivity contribution in [3.8, 4) is 5.88 Å². The molecule has 0 aliphatic carbocycles. The van der Waals surface area contributed by atoms with Gasteiger partial charge in [-0.1, -0.05) is 0 Å². The van der Waals surface area contributed by atoms with E-state index in [9.17, 15) is 14.7 Å². The number of likely N-dealkylation sites (tertiary alicyclic amines) is 1. The van der Waals surface area contributed by atoms with Crippen LogP contribution in [0, 0.1) is 5.92 Å². The largest absolute Gasteiger partial charge is 0.481 e. The number of carbonyl (C=O) groups excluding carboxylic acids is 1. The Balaban J connectivity index is 1.71. The number of carbonyl (C=O) groups is 2. The highest BCUT2D eigenvalue weighted by molar-refractivity contribution is 5.95. The average Bonchev–Trinajstić information content (AvgIpc) is 3.16. The minimum absolute atomic E-state index is 0.0325. The summed E-state index contributed by atoms with van der Waals surface area (Å²) in [7, 11) is 0. The number of hydrogen-bond acceptors (Lipinski definition) is 5. The third-order valence-corrected chi connectivity index (χ3v) is 4.49. The van der Waals surface area contributed by atoms with E-state index in [0.717, 1.165) is 6.42 Å². The topological polar surface area (TPSA) is 89.0 Å². The third kappa shape index (κ3) is 3.29. The molecule has 23 heavy (non-hydrogen) atoms. The molecule has 2 fully saturated rings. The van der Waals surface area contributed by atoms with Crippen LogP contribution in [0.4, 0.5) is 0 Å². The van der Waals surface area contributed by atoms with Crippen LogP contribution in [0.15, 0.2) is 18.3 Å².